The van der Waals surface area contributed by atoms with Gasteiger partial charge in [0.25, 0.3) is 0 Å². The third-order valence-corrected chi connectivity index (χ3v) is 7.41. The third-order valence-electron chi connectivity index (χ3n) is 7.41. The summed E-state index contributed by atoms with van der Waals surface area (Å²) < 4.78 is 5.78. The molecule has 0 heterocycles. The SMILES string of the molecule is O=C(CCC(=O)NC12CC3CC(CC(C3)C1)C2)Nc1ccc(OCc2ccccc2)cc1. The van der Waals surface area contributed by atoms with Gasteiger partial charge in [0.15, 0.2) is 0 Å². The summed E-state index contributed by atoms with van der Waals surface area (Å²) in [5.41, 5.74) is 1.83. The number of benzene rings is 2. The fraction of sp³-hybridized carbons (Fsp3) is 0.481. The number of hydrogen-bond acceptors (Lipinski definition) is 3. The lowest BCUT2D eigenvalue weighted by Gasteiger charge is -2.56. The maximum Gasteiger partial charge on any atom is 0.224 e. The van der Waals surface area contributed by atoms with E-state index in [2.05, 4.69) is 10.6 Å². The minimum Gasteiger partial charge on any atom is -0.489 e. The number of carbonyl (C=O) groups excluding carboxylic acids is 2. The van der Waals surface area contributed by atoms with E-state index >= 15 is 0 Å². The molecule has 0 unspecified atom stereocenters. The minimum atomic E-state index is -0.136. The van der Waals surface area contributed by atoms with Crippen LogP contribution in [-0.2, 0) is 16.2 Å². The molecule has 0 spiro atoms. The minimum absolute atomic E-state index is 0.0118. The molecule has 168 valence electrons. The van der Waals surface area contributed by atoms with Gasteiger partial charge in [0.05, 0.1) is 0 Å². The van der Waals surface area contributed by atoms with Gasteiger partial charge in [-0.2, -0.15) is 0 Å². The number of anilines is 1. The van der Waals surface area contributed by atoms with Crippen LogP contribution in [0.25, 0.3) is 0 Å². The predicted octanol–water partition coefficient (Wildman–Crippen LogP) is 5.07. The van der Waals surface area contributed by atoms with Crippen LogP contribution in [-0.4, -0.2) is 17.4 Å². The number of carbonyl (C=O) groups is 2. The monoisotopic (exact) mass is 432 g/mol. The number of nitrogens with one attached hydrogen (secondary N) is 2. The van der Waals surface area contributed by atoms with E-state index in [1.165, 1.54) is 19.3 Å². The molecular weight excluding hydrogens is 400 g/mol. The van der Waals surface area contributed by atoms with Gasteiger partial charge < -0.3 is 15.4 Å². The summed E-state index contributed by atoms with van der Waals surface area (Å²) in [4.78, 5) is 25.0. The molecule has 0 atom stereocenters. The molecule has 2 aromatic rings. The van der Waals surface area contributed by atoms with Gasteiger partial charge in [-0.3, -0.25) is 9.59 Å². The highest BCUT2D eigenvalue weighted by Gasteiger charge is 2.51. The van der Waals surface area contributed by atoms with E-state index in [-0.39, 0.29) is 30.2 Å². The van der Waals surface area contributed by atoms with Crippen LogP contribution in [0.3, 0.4) is 0 Å². The van der Waals surface area contributed by atoms with Crippen molar-refractivity contribution in [2.75, 3.05) is 5.32 Å². The van der Waals surface area contributed by atoms with Gasteiger partial charge in [-0.15, -0.1) is 0 Å². The molecule has 0 aliphatic heterocycles. The molecular formula is C27H32N2O3. The molecule has 2 aromatic carbocycles. The average Bonchev–Trinajstić information content (AvgIpc) is 2.77. The Morgan fingerprint density at radius 1 is 0.812 bits per heavy atom. The number of rotatable bonds is 8. The molecule has 2 N–H and O–H groups in total. The summed E-state index contributed by atoms with van der Waals surface area (Å²) in [6, 6.07) is 17.3. The molecule has 0 aromatic heterocycles. The van der Waals surface area contributed by atoms with Crippen molar-refractivity contribution in [3.05, 3.63) is 60.2 Å². The van der Waals surface area contributed by atoms with Crippen LogP contribution in [0.2, 0.25) is 0 Å². The van der Waals surface area contributed by atoms with Gasteiger partial charge >= 0.3 is 0 Å². The van der Waals surface area contributed by atoms with Gasteiger partial charge in [-0.05, 0) is 86.1 Å². The molecule has 32 heavy (non-hydrogen) atoms. The zero-order chi connectivity index (χ0) is 22.0. The second-order valence-electron chi connectivity index (χ2n) is 10.1. The lowest BCUT2D eigenvalue weighted by atomic mass is 9.53. The summed E-state index contributed by atoms with van der Waals surface area (Å²) in [7, 11) is 0. The van der Waals surface area contributed by atoms with Crippen molar-refractivity contribution in [2.45, 2.75) is 63.5 Å². The zero-order valence-corrected chi connectivity index (χ0v) is 18.5. The fourth-order valence-electron chi connectivity index (χ4n) is 6.45. The van der Waals surface area contributed by atoms with Gasteiger partial charge in [-0.1, -0.05) is 30.3 Å². The van der Waals surface area contributed by atoms with Crippen LogP contribution >= 0.6 is 0 Å². The molecule has 4 aliphatic rings. The first kappa shape index (κ1) is 21.0. The maximum atomic E-state index is 12.6. The number of ether oxygens (including phenoxy) is 1. The summed E-state index contributed by atoms with van der Waals surface area (Å²) >= 11 is 0. The summed E-state index contributed by atoms with van der Waals surface area (Å²) in [5.74, 6) is 3.02. The second kappa shape index (κ2) is 8.97. The lowest BCUT2D eigenvalue weighted by molar-refractivity contribution is -0.129. The first-order chi connectivity index (χ1) is 15.6. The predicted molar refractivity (Wildman–Crippen MR) is 124 cm³/mol. The van der Waals surface area contributed by atoms with E-state index in [0.717, 1.165) is 48.3 Å². The van der Waals surface area contributed by atoms with E-state index in [4.69, 9.17) is 4.74 Å². The van der Waals surface area contributed by atoms with Gasteiger partial charge in [0.1, 0.15) is 12.4 Å². The van der Waals surface area contributed by atoms with Gasteiger partial charge in [0.2, 0.25) is 11.8 Å². The van der Waals surface area contributed by atoms with Crippen molar-refractivity contribution < 1.29 is 14.3 Å². The molecule has 4 saturated carbocycles. The first-order valence-electron chi connectivity index (χ1n) is 11.9. The summed E-state index contributed by atoms with van der Waals surface area (Å²) in [6.45, 7) is 0.505. The smallest absolute Gasteiger partial charge is 0.224 e. The molecule has 5 nitrogen and oxygen atoms in total. The van der Waals surface area contributed by atoms with E-state index in [1.807, 2.05) is 54.6 Å². The van der Waals surface area contributed by atoms with E-state index in [0.29, 0.717) is 12.3 Å². The van der Waals surface area contributed by atoms with E-state index < -0.39 is 0 Å². The first-order valence-corrected chi connectivity index (χ1v) is 11.9. The molecule has 4 aliphatic carbocycles. The Hall–Kier alpha value is -2.82. The third kappa shape index (κ3) is 4.98. The standard InChI is InChI=1S/C27H32N2O3/c30-25(28-23-6-8-24(9-7-23)32-18-19-4-2-1-3-5-19)10-11-26(31)29-27-15-20-12-21(16-27)14-22(13-20)17-27/h1-9,20-22H,10-18H2,(H,28,30)(H,29,31). The molecule has 2 amide bonds. The highest BCUT2D eigenvalue weighted by atomic mass is 16.5. The van der Waals surface area contributed by atoms with Crippen LogP contribution < -0.4 is 15.4 Å². The van der Waals surface area contributed by atoms with Crippen LogP contribution in [0.1, 0.15) is 56.9 Å². The molecule has 5 heteroatoms. The van der Waals surface area contributed by atoms with Crippen molar-refractivity contribution in [1.29, 1.82) is 0 Å². The highest BCUT2D eigenvalue weighted by molar-refractivity contribution is 5.93. The van der Waals surface area contributed by atoms with Crippen molar-refractivity contribution in [3.63, 3.8) is 0 Å². The Morgan fingerprint density at radius 2 is 1.41 bits per heavy atom. The van der Waals surface area contributed by atoms with Crippen molar-refractivity contribution >= 4 is 17.5 Å². The van der Waals surface area contributed by atoms with Crippen LogP contribution in [0.5, 0.6) is 5.75 Å². The zero-order valence-electron chi connectivity index (χ0n) is 18.5. The quantitative estimate of drug-likeness (QED) is 0.612. The Balaban J connectivity index is 1.06. The number of amides is 2. The Kier molecular flexibility index (Phi) is 5.90. The van der Waals surface area contributed by atoms with E-state index in [1.54, 1.807) is 0 Å². The van der Waals surface area contributed by atoms with Crippen LogP contribution in [0.4, 0.5) is 5.69 Å². The van der Waals surface area contributed by atoms with Gasteiger partial charge in [-0.25, -0.2) is 0 Å². The summed E-state index contributed by atoms with van der Waals surface area (Å²) in [5, 5.41) is 6.23. The van der Waals surface area contributed by atoms with Crippen molar-refractivity contribution in [2.24, 2.45) is 17.8 Å². The summed E-state index contributed by atoms with van der Waals surface area (Å²) in [6.07, 6.45) is 7.91. The maximum absolute atomic E-state index is 12.6. The second-order valence-corrected chi connectivity index (χ2v) is 10.1. The molecule has 4 fully saturated rings. The fourth-order valence-corrected chi connectivity index (χ4v) is 6.45. The molecule has 4 bridgehead atoms. The molecule has 6 rings (SSSR count). The van der Waals surface area contributed by atoms with E-state index in [9.17, 15) is 9.59 Å². The molecule has 0 saturated heterocycles. The molecule has 0 radical (unpaired) electrons. The van der Waals surface area contributed by atoms with Crippen LogP contribution in [0, 0.1) is 17.8 Å². The van der Waals surface area contributed by atoms with Gasteiger partial charge in [0, 0.05) is 24.1 Å². The normalized spacial score (nSPS) is 27.7. The van der Waals surface area contributed by atoms with Crippen LogP contribution in [0.15, 0.2) is 54.6 Å². The number of hydrogen-bond donors (Lipinski definition) is 2. The highest BCUT2D eigenvalue weighted by Crippen LogP contribution is 2.55. The Morgan fingerprint density at radius 3 is 2.03 bits per heavy atom. The average molecular weight is 433 g/mol. The Labute approximate surface area is 189 Å². The topological polar surface area (TPSA) is 67.4 Å². The van der Waals surface area contributed by atoms with Crippen molar-refractivity contribution in [1.82, 2.24) is 5.32 Å². The Bertz CT molecular complexity index is 919. The largest absolute Gasteiger partial charge is 0.489 e. The van der Waals surface area contributed by atoms with Crippen molar-refractivity contribution in [3.8, 4) is 5.75 Å². The lowest BCUT2D eigenvalue weighted by Crippen LogP contribution is -2.59.